The molecule has 2 rings (SSSR count). The number of aromatic nitrogens is 1. The molecule has 1 amide bonds. The van der Waals surface area contributed by atoms with E-state index in [0.29, 0.717) is 12.5 Å². The molecule has 1 saturated heterocycles. The van der Waals surface area contributed by atoms with Gasteiger partial charge in [0.05, 0.1) is 5.01 Å². The Morgan fingerprint density at radius 3 is 3.06 bits per heavy atom. The van der Waals surface area contributed by atoms with E-state index in [1.54, 1.807) is 17.5 Å². The maximum absolute atomic E-state index is 12.3. The average molecular weight is 268 g/mol. The van der Waals surface area contributed by atoms with Crippen molar-refractivity contribution in [2.45, 2.75) is 32.8 Å². The lowest BCUT2D eigenvalue weighted by Crippen LogP contribution is -2.42. The third-order valence-corrected chi connectivity index (χ3v) is 4.24. The van der Waals surface area contributed by atoms with Gasteiger partial charge in [-0.3, -0.25) is 4.79 Å². The van der Waals surface area contributed by atoms with Gasteiger partial charge >= 0.3 is 0 Å². The normalized spacial score (nSPS) is 23.2. The zero-order chi connectivity index (χ0) is 13.0. The Bertz CT molecular complexity index is 380. The molecule has 1 aliphatic rings. The summed E-state index contributed by atoms with van der Waals surface area (Å²) in [5, 5.41) is 3.05. The lowest BCUT2D eigenvalue weighted by atomic mass is 10.0. The first-order chi connectivity index (χ1) is 8.72. The first-order valence-electron chi connectivity index (χ1n) is 6.51. The van der Waals surface area contributed by atoms with Crippen LogP contribution in [0.15, 0.2) is 11.6 Å². The van der Waals surface area contributed by atoms with Crippen molar-refractivity contribution in [1.82, 2.24) is 9.88 Å². The van der Waals surface area contributed by atoms with Gasteiger partial charge in [0.25, 0.3) is 5.91 Å². The number of thiazole rings is 1. The van der Waals surface area contributed by atoms with Gasteiger partial charge in [-0.05, 0) is 19.3 Å². The van der Waals surface area contributed by atoms with E-state index in [-0.39, 0.29) is 12.0 Å². The Labute approximate surface area is 112 Å². The van der Waals surface area contributed by atoms with Gasteiger partial charge in [-0.25, -0.2) is 4.98 Å². The number of ether oxygens (including phenoxy) is 1. The summed E-state index contributed by atoms with van der Waals surface area (Å²) >= 11 is 1.64. The van der Waals surface area contributed by atoms with E-state index >= 15 is 0 Å². The number of carbonyl (C=O) groups excluding carboxylic acids is 1. The number of carbonyl (C=O) groups is 1. The Morgan fingerprint density at radius 2 is 2.50 bits per heavy atom. The number of hydrogen-bond donors (Lipinski definition) is 0. The second-order valence-corrected chi connectivity index (χ2v) is 5.63. The average Bonchev–Trinajstić information content (AvgIpc) is 3.00. The predicted molar refractivity (Wildman–Crippen MR) is 71.6 cm³/mol. The van der Waals surface area contributed by atoms with Crippen LogP contribution in [0.3, 0.4) is 0 Å². The highest BCUT2D eigenvalue weighted by molar-refractivity contribution is 7.09. The summed E-state index contributed by atoms with van der Waals surface area (Å²) in [7, 11) is 0. The van der Waals surface area contributed by atoms with Crippen molar-refractivity contribution in [1.29, 1.82) is 0 Å². The molecule has 4 nitrogen and oxygen atoms in total. The van der Waals surface area contributed by atoms with Crippen LogP contribution in [-0.4, -0.2) is 41.6 Å². The molecule has 100 valence electrons. The number of likely N-dealkylation sites (N-methyl/N-ethyl adjacent to an activating group) is 1. The van der Waals surface area contributed by atoms with E-state index < -0.39 is 0 Å². The van der Waals surface area contributed by atoms with Crippen molar-refractivity contribution in [2.75, 3.05) is 19.7 Å². The Kier molecular flexibility index (Phi) is 4.72. The minimum atomic E-state index is -0.235. The molecule has 0 aromatic carbocycles. The molecule has 0 unspecified atom stereocenters. The zero-order valence-electron chi connectivity index (χ0n) is 11.0. The number of rotatable bonds is 5. The van der Waals surface area contributed by atoms with Crippen LogP contribution in [0.2, 0.25) is 0 Å². The first-order valence-corrected chi connectivity index (χ1v) is 7.39. The molecule has 0 saturated carbocycles. The summed E-state index contributed by atoms with van der Waals surface area (Å²) in [4.78, 5) is 18.5. The molecule has 18 heavy (non-hydrogen) atoms. The largest absolute Gasteiger partial charge is 0.368 e. The molecule has 0 aliphatic carbocycles. The highest BCUT2D eigenvalue weighted by Gasteiger charge is 2.33. The van der Waals surface area contributed by atoms with Gasteiger partial charge in [0.1, 0.15) is 6.10 Å². The van der Waals surface area contributed by atoms with Crippen LogP contribution in [0.5, 0.6) is 0 Å². The molecular formula is C13H20N2O2S. The summed E-state index contributed by atoms with van der Waals surface area (Å²) in [6.07, 6.45) is 3.39. The van der Waals surface area contributed by atoms with E-state index in [9.17, 15) is 4.79 Å². The lowest BCUT2D eigenvalue weighted by Gasteiger charge is -2.25. The maximum Gasteiger partial charge on any atom is 0.251 e. The number of nitrogens with zero attached hydrogens (tertiary/aromatic N) is 2. The van der Waals surface area contributed by atoms with Crippen molar-refractivity contribution < 1.29 is 9.53 Å². The quantitative estimate of drug-likeness (QED) is 0.820. The molecular weight excluding hydrogens is 248 g/mol. The van der Waals surface area contributed by atoms with E-state index in [1.165, 1.54) is 0 Å². The van der Waals surface area contributed by atoms with Crippen molar-refractivity contribution in [3.05, 3.63) is 16.6 Å². The van der Waals surface area contributed by atoms with Crippen LogP contribution in [0.4, 0.5) is 0 Å². The van der Waals surface area contributed by atoms with Crippen molar-refractivity contribution >= 4 is 17.2 Å². The molecule has 0 N–H and O–H groups in total. The van der Waals surface area contributed by atoms with Gasteiger partial charge < -0.3 is 9.64 Å². The highest BCUT2D eigenvalue weighted by Crippen LogP contribution is 2.22. The maximum atomic E-state index is 12.3. The summed E-state index contributed by atoms with van der Waals surface area (Å²) in [6.45, 7) is 6.28. The lowest BCUT2D eigenvalue weighted by molar-refractivity contribution is -0.142. The fraction of sp³-hybridized carbons (Fsp3) is 0.692. The molecule has 0 spiro atoms. The van der Waals surface area contributed by atoms with Gasteiger partial charge in [0.2, 0.25) is 0 Å². The molecule has 1 aliphatic heterocycles. The van der Waals surface area contributed by atoms with Crippen LogP contribution in [0.1, 0.15) is 25.3 Å². The standard InChI is InChI=1S/C13H20N2O2S/c1-3-15(7-4-11-14-6-9-18-11)13(16)12-10(2)5-8-17-12/h6,9-10,12H,3-5,7-8H2,1-2H3/t10-,12+/m0/s1. The van der Waals surface area contributed by atoms with Crippen molar-refractivity contribution in [3.63, 3.8) is 0 Å². The summed E-state index contributed by atoms with van der Waals surface area (Å²) in [5.74, 6) is 0.477. The van der Waals surface area contributed by atoms with Crippen molar-refractivity contribution in [3.8, 4) is 0 Å². The predicted octanol–water partition coefficient (Wildman–Crippen LogP) is 1.96. The second kappa shape index (κ2) is 6.29. The smallest absolute Gasteiger partial charge is 0.251 e. The minimum absolute atomic E-state index is 0.138. The zero-order valence-corrected chi connectivity index (χ0v) is 11.8. The van der Waals surface area contributed by atoms with Gasteiger partial charge in [-0.1, -0.05) is 6.92 Å². The SMILES string of the molecule is CCN(CCc1nccs1)C(=O)[C@@H]1OCC[C@@H]1C. The third kappa shape index (κ3) is 3.09. The van der Waals surface area contributed by atoms with Gasteiger partial charge in [0.15, 0.2) is 0 Å². The second-order valence-electron chi connectivity index (χ2n) is 4.65. The first kappa shape index (κ1) is 13.5. The molecule has 2 atom stereocenters. The summed E-state index contributed by atoms with van der Waals surface area (Å²) in [5.41, 5.74) is 0. The molecule has 5 heteroatoms. The molecule has 0 bridgehead atoms. The van der Waals surface area contributed by atoms with Crippen molar-refractivity contribution in [2.24, 2.45) is 5.92 Å². The summed E-state index contributed by atoms with van der Waals surface area (Å²) in [6, 6.07) is 0. The topological polar surface area (TPSA) is 42.4 Å². The summed E-state index contributed by atoms with van der Waals surface area (Å²) < 4.78 is 5.54. The van der Waals surface area contributed by atoms with E-state index in [1.807, 2.05) is 17.2 Å². The molecule has 1 fully saturated rings. The van der Waals surface area contributed by atoms with Gasteiger partial charge in [-0.15, -0.1) is 11.3 Å². The minimum Gasteiger partial charge on any atom is -0.368 e. The van der Waals surface area contributed by atoms with Gasteiger partial charge in [-0.2, -0.15) is 0 Å². The van der Waals surface area contributed by atoms with Crippen LogP contribution >= 0.6 is 11.3 Å². The Balaban J connectivity index is 1.89. The molecule has 0 radical (unpaired) electrons. The third-order valence-electron chi connectivity index (χ3n) is 3.40. The fourth-order valence-corrected chi connectivity index (χ4v) is 2.83. The van der Waals surface area contributed by atoms with E-state index in [0.717, 1.165) is 30.9 Å². The number of amides is 1. The van der Waals surface area contributed by atoms with E-state index in [2.05, 4.69) is 11.9 Å². The van der Waals surface area contributed by atoms with Gasteiger partial charge in [0, 0.05) is 37.7 Å². The highest BCUT2D eigenvalue weighted by atomic mass is 32.1. The molecule has 1 aromatic heterocycles. The van der Waals surface area contributed by atoms with Crippen LogP contribution in [0, 0.1) is 5.92 Å². The molecule has 1 aromatic rings. The number of hydrogen-bond acceptors (Lipinski definition) is 4. The fourth-order valence-electron chi connectivity index (χ4n) is 2.22. The van der Waals surface area contributed by atoms with Crippen LogP contribution in [0.25, 0.3) is 0 Å². The Morgan fingerprint density at radius 1 is 1.67 bits per heavy atom. The van der Waals surface area contributed by atoms with Crippen LogP contribution in [-0.2, 0) is 16.0 Å². The van der Waals surface area contributed by atoms with Crippen LogP contribution < -0.4 is 0 Å². The Hall–Kier alpha value is -0.940. The molecule has 2 heterocycles. The monoisotopic (exact) mass is 268 g/mol. The van der Waals surface area contributed by atoms with E-state index in [4.69, 9.17) is 4.74 Å².